The van der Waals surface area contributed by atoms with E-state index in [-0.39, 0.29) is 30.5 Å². The lowest BCUT2D eigenvalue weighted by atomic mass is 9.90. The molecule has 1 amide bonds. The van der Waals surface area contributed by atoms with Crippen molar-refractivity contribution in [3.8, 4) is 5.75 Å². The Morgan fingerprint density at radius 2 is 2.07 bits per heavy atom. The van der Waals surface area contributed by atoms with Crippen molar-refractivity contribution in [2.75, 3.05) is 6.54 Å². The zero-order chi connectivity index (χ0) is 21.2. The third-order valence-corrected chi connectivity index (χ3v) is 4.82. The first kappa shape index (κ1) is 22.6. The lowest BCUT2D eigenvalue weighted by Crippen LogP contribution is -2.43. The van der Waals surface area contributed by atoms with Crippen molar-refractivity contribution in [3.63, 3.8) is 0 Å². The Hall–Kier alpha value is -1.70. The first-order chi connectivity index (χ1) is 12.9. The van der Waals surface area contributed by atoms with Crippen LogP contribution in [0.5, 0.6) is 5.75 Å². The number of alkyl halides is 3. The number of carbonyl (C=O) groups is 1. The first-order valence-electron chi connectivity index (χ1n) is 8.60. The highest BCUT2D eigenvalue weighted by Gasteiger charge is 2.35. The molecule has 0 saturated heterocycles. The maximum absolute atomic E-state index is 11.5. The predicted octanol–water partition coefficient (Wildman–Crippen LogP) is 5.59. The van der Waals surface area contributed by atoms with E-state index in [0.29, 0.717) is 12.0 Å². The van der Waals surface area contributed by atoms with Crippen molar-refractivity contribution in [1.29, 1.82) is 0 Å². The number of nitrogens with zero attached hydrogens (tertiary/aromatic N) is 2. The fourth-order valence-electron chi connectivity index (χ4n) is 3.22. The van der Waals surface area contributed by atoms with Gasteiger partial charge in [-0.25, -0.2) is 4.79 Å². The van der Waals surface area contributed by atoms with Gasteiger partial charge >= 0.3 is 11.8 Å². The molecule has 0 aliphatic carbocycles. The third-order valence-electron chi connectivity index (χ3n) is 4.35. The van der Waals surface area contributed by atoms with Crippen LogP contribution >= 0.6 is 34.8 Å². The zero-order valence-electron chi connectivity index (χ0n) is 15.6. The fourth-order valence-corrected chi connectivity index (χ4v) is 3.75. The number of aryl methyl sites for hydroxylation is 1. The summed E-state index contributed by atoms with van der Waals surface area (Å²) >= 11 is 17.7. The summed E-state index contributed by atoms with van der Waals surface area (Å²) in [5.41, 5.74) is 2.15. The summed E-state index contributed by atoms with van der Waals surface area (Å²) in [6.45, 7) is 5.46. The summed E-state index contributed by atoms with van der Waals surface area (Å²) in [5.74, 6) is 0.167. The molecule has 1 unspecified atom stereocenters. The molecule has 154 valence electrons. The van der Waals surface area contributed by atoms with E-state index < -0.39 is 20.9 Å². The second-order valence-corrected chi connectivity index (χ2v) is 9.42. The Morgan fingerprint density at radius 1 is 1.43 bits per heavy atom. The molecule has 10 heteroatoms. The van der Waals surface area contributed by atoms with Crippen LogP contribution in [-0.2, 0) is 0 Å². The molecule has 0 bridgehead atoms. The highest BCUT2D eigenvalue weighted by Crippen LogP contribution is 2.40. The molecule has 0 radical (unpaired) electrons. The number of halogens is 3. The number of nitro benzene ring substituents is 1. The second-order valence-electron chi connectivity index (χ2n) is 6.90. The van der Waals surface area contributed by atoms with Gasteiger partial charge in [-0.15, -0.1) is 0 Å². The van der Waals surface area contributed by atoms with Crippen LogP contribution in [0.15, 0.2) is 18.2 Å². The van der Waals surface area contributed by atoms with E-state index in [1.54, 1.807) is 32.9 Å². The molecule has 0 saturated carbocycles. The Bertz CT molecular complexity index is 805. The summed E-state index contributed by atoms with van der Waals surface area (Å²) in [6.07, 6.45) is 0.784. The fraction of sp³-hybridized carbons (Fsp3) is 0.500. The Kier molecular flexibility index (Phi) is 7.07. The van der Waals surface area contributed by atoms with Crippen LogP contribution < -0.4 is 4.74 Å². The van der Waals surface area contributed by atoms with Crippen molar-refractivity contribution in [2.24, 2.45) is 0 Å². The second kappa shape index (κ2) is 8.76. The number of amides is 1. The van der Waals surface area contributed by atoms with Gasteiger partial charge < -0.3 is 14.7 Å². The van der Waals surface area contributed by atoms with E-state index in [4.69, 9.17) is 39.5 Å². The number of hydrogen-bond donors (Lipinski definition) is 1. The van der Waals surface area contributed by atoms with Gasteiger partial charge in [0.25, 0.3) is 0 Å². The summed E-state index contributed by atoms with van der Waals surface area (Å²) in [4.78, 5) is 23.6. The van der Waals surface area contributed by atoms with Crippen molar-refractivity contribution in [3.05, 3.63) is 39.4 Å². The van der Waals surface area contributed by atoms with Gasteiger partial charge in [0.2, 0.25) is 0 Å². The molecule has 0 fully saturated rings. The molecule has 1 aromatic carbocycles. The molecule has 28 heavy (non-hydrogen) atoms. The molecule has 1 aliphatic rings. The van der Waals surface area contributed by atoms with Crippen molar-refractivity contribution >= 4 is 52.2 Å². The van der Waals surface area contributed by atoms with E-state index in [2.05, 4.69) is 0 Å². The first-order valence-corrected chi connectivity index (χ1v) is 9.74. The van der Waals surface area contributed by atoms with Gasteiger partial charge in [-0.05, 0) is 50.0 Å². The van der Waals surface area contributed by atoms with Crippen molar-refractivity contribution in [1.82, 2.24) is 4.90 Å². The summed E-state index contributed by atoms with van der Waals surface area (Å²) < 4.78 is 4.02. The number of hydrogen-bond acceptors (Lipinski definition) is 4. The molecule has 7 nitrogen and oxygen atoms in total. The van der Waals surface area contributed by atoms with Crippen LogP contribution in [0.2, 0.25) is 0 Å². The number of benzene rings is 1. The topological polar surface area (TPSA) is 92.9 Å². The minimum Gasteiger partial charge on any atom is -0.484 e. The standard InChI is InChI=1S/C18H21Cl3N2O5/c1-10(2)28-16-8-14(11(3)6-15(16)23(26)27)12-4-5-22(17(24)25)13(7-12)9-18(19,20)21/h4,6,8,10,13H,5,7,9H2,1-3H3,(H,24,25). The molecule has 1 aromatic rings. The molecular formula is C18H21Cl3N2O5. The number of carboxylic acid groups (broad SMARTS) is 1. The Morgan fingerprint density at radius 3 is 2.57 bits per heavy atom. The van der Waals surface area contributed by atoms with Crippen LogP contribution in [0, 0.1) is 17.0 Å². The number of nitro groups is 1. The van der Waals surface area contributed by atoms with Crippen LogP contribution in [0.25, 0.3) is 5.57 Å². The highest BCUT2D eigenvalue weighted by atomic mass is 35.6. The molecule has 1 N–H and O–H groups in total. The van der Waals surface area contributed by atoms with Crippen molar-refractivity contribution < 1.29 is 19.6 Å². The third kappa shape index (κ3) is 5.65. The zero-order valence-corrected chi connectivity index (χ0v) is 17.9. The summed E-state index contributed by atoms with van der Waals surface area (Å²) in [5, 5.41) is 20.8. The largest absolute Gasteiger partial charge is 0.484 e. The van der Waals surface area contributed by atoms with E-state index in [9.17, 15) is 20.0 Å². The minimum absolute atomic E-state index is 0.0304. The maximum atomic E-state index is 11.5. The van der Waals surface area contributed by atoms with Gasteiger partial charge in [-0.1, -0.05) is 40.9 Å². The van der Waals surface area contributed by atoms with Gasteiger partial charge in [-0.3, -0.25) is 10.1 Å². The molecule has 0 spiro atoms. The van der Waals surface area contributed by atoms with Gasteiger partial charge in [-0.2, -0.15) is 0 Å². The molecule has 1 atom stereocenters. The van der Waals surface area contributed by atoms with E-state index in [1.807, 2.05) is 0 Å². The lowest BCUT2D eigenvalue weighted by Gasteiger charge is -2.35. The highest BCUT2D eigenvalue weighted by molar-refractivity contribution is 6.67. The van der Waals surface area contributed by atoms with Crippen molar-refractivity contribution in [2.45, 2.75) is 49.6 Å². The average Bonchev–Trinajstić information content (AvgIpc) is 2.53. The lowest BCUT2D eigenvalue weighted by molar-refractivity contribution is -0.386. The number of ether oxygens (including phenoxy) is 1. The molecule has 1 heterocycles. The molecular weight excluding hydrogens is 431 g/mol. The minimum atomic E-state index is -1.60. The van der Waals surface area contributed by atoms with Crippen LogP contribution in [-0.4, -0.2) is 43.5 Å². The monoisotopic (exact) mass is 450 g/mol. The summed E-state index contributed by atoms with van der Waals surface area (Å²) in [6, 6.07) is 2.55. The Balaban J connectivity index is 2.45. The van der Waals surface area contributed by atoms with Crippen LogP contribution in [0.3, 0.4) is 0 Å². The van der Waals surface area contributed by atoms with E-state index in [0.717, 1.165) is 11.1 Å². The normalized spacial score (nSPS) is 17.5. The quantitative estimate of drug-likeness (QED) is 0.358. The van der Waals surface area contributed by atoms with Gasteiger partial charge in [0, 0.05) is 25.1 Å². The van der Waals surface area contributed by atoms with Crippen LogP contribution in [0.1, 0.15) is 37.8 Å². The number of rotatable bonds is 5. The van der Waals surface area contributed by atoms with E-state index in [1.165, 1.54) is 11.0 Å². The molecule has 0 aromatic heterocycles. The maximum Gasteiger partial charge on any atom is 0.407 e. The molecule has 1 aliphatic heterocycles. The van der Waals surface area contributed by atoms with Gasteiger partial charge in [0.15, 0.2) is 9.54 Å². The molecule has 2 rings (SSSR count). The summed E-state index contributed by atoms with van der Waals surface area (Å²) in [7, 11) is 0. The SMILES string of the molecule is Cc1cc([N+](=O)[O-])c(OC(C)C)cc1C1=CCN(C(=O)O)C(CC(Cl)(Cl)Cl)C1. The predicted molar refractivity (Wildman–Crippen MR) is 110 cm³/mol. The average molecular weight is 452 g/mol. The van der Waals surface area contributed by atoms with Gasteiger partial charge in [0.05, 0.1) is 11.0 Å². The Labute approximate surface area is 178 Å². The van der Waals surface area contributed by atoms with Gasteiger partial charge in [0.1, 0.15) is 0 Å². The van der Waals surface area contributed by atoms with Crippen LogP contribution in [0.4, 0.5) is 10.5 Å². The smallest absolute Gasteiger partial charge is 0.407 e. The van der Waals surface area contributed by atoms with E-state index >= 15 is 0 Å².